The third-order valence-electron chi connectivity index (χ3n) is 4.62. The summed E-state index contributed by atoms with van der Waals surface area (Å²) in [5, 5.41) is 3.03. The smallest absolute Gasteiger partial charge is 0.234 e. The van der Waals surface area contributed by atoms with Gasteiger partial charge in [-0.2, -0.15) is 0 Å². The lowest BCUT2D eigenvalue weighted by Crippen LogP contribution is -2.27. The molecule has 0 bridgehead atoms. The lowest BCUT2D eigenvalue weighted by atomic mass is 9.83. The van der Waals surface area contributed by atoms with E-state index in [2.05, 4.69) is 24.4 Å². The average molecular weight is 294 g/mol. The van der Waals surface area contributed by atoms with E-state index in [0.29, 0.717) is 0 Å². The van der Waals surface area contributed by atoms with Gasteiger partial charge >= 0.3 is 0 Å². The maximum absolute atomic E-state index is 12.2. The molecule has 2 aromatic carbocycles. The molecule has 2 aromatic rings. The Morgan fingerprint density at radius 3 is 2.45 bits per heavy atom. The van der Waals surface area contributed by atoms with Crippen molar-refractivity contribution in [3.63, 3.8) is 0 Å². The molecule has 1 atom stereocenters. The Morgan fingerprint density at radius 1 is 1.14 bits per heavy atom. The van der Waals surface area contributed by atoms with E-state index >= 15 is 0 Å². The highest BCUT2D eigenvalue weighted by molar-refractivity contribution is 6.06. The number of carbonyl (C=O) groups is 1. The number of anilines is 1. The van der Waals surface area contributed by atoms with Crippen molar-refractivity contribution in [2.75, 3.05) is 5.32 Å². The Balaban J connectivity index is 2.12. The molecule has 22 heavy (non-hydrogen) atoms. The number of fused-ring (bicyclic) bond motifs is 1. The Labute approximate surface area is 131 Å². The van der Waals surface area contributed by atoms with Crippen LogP contribution in [0, 0.1) is 0 Å². The summed E-state index contributed by atoms with van der Waals surface area (Å²) in [5.74, 6) is 0.0580. The number of hydrogen-bond donors (Lipinski definition) is 2. The molecule has 3 heteroatoms. The SMILES string of the molecule is CCc1cc(C(N)c2ccccc2)cc2c1NC(=O)C2(C)C. The van der Waals surface area contributed by atoms with Gasteiger partial charge in [-0.15, -0.1) is 0 Å². The first kappa shape index (κ1) is 14.8. The first-order valence-corrected chi connectivity index (χ1v) is 7.74. The predicted octanol–water partition coefficient (Wildman–Crippen LogP) is 3.53. The summed E-state index contributed by atoms with van der Waals surface area (Å²) in [6.07, 6.45) is 0.869. The molecule has 3 rings (SSSR count). The monoisotopic (exact) mass is 294 g/mol. The van der Waals surface area contributed by atoms with Crippen LogP contribution in [0.2, 0.25) is 0 Å². The number of hydrogen-bond acceptors (Lipinski definition) is 2. The fourth-order valence-corrected chi connectivity index (χ4v) is 3.07. The molecule has 0 saturated carbocycles. The van der Waals surface area contributed by atoms with Gasteiger partial charge in [0.1, 0.15) is 0 Å². The van der Waals surface area contributed by atoms with Crippen molar-refractivity contribution in [2.45, 2.75) is 38.6 Å². The molecule has 0 aromatic heterocycles. The second-order valence-electron chi connectivity index (χ2n) is 6.42. The molecular formula is C19H22N2O. The summed E-state index contributed by atoms with van der Waals surface area (Å²) in [6.45, 7) is 6.03. The second kappa shape index (κ2) is 5.25. The van der Waals surface area contributed by atoms with Gasteiger partial charge in [0.2, 0.25) is 5.91 Å². The van der Waals surface area contributed by atoms with E-state index < -0.39 is 5.41 Å². The molecule has 3 nitrogen and oxygen atoms in total. The second-order valence-corrected chi connectivity index (χ2v) is 6.42. The molecule has 0 spiro atoms. The summed E-state index contributed by atoms with van der Waals surface area (Å²) in [4.78, 5) is 12.2. The van der Waals surface area contributed by atoms with Crippen LogP contribution in [0.15, 0.2) is 42.5 Å². The normalized spacial score (nSPS) is 17.0. The van der Waals surface area contributed by atoms with Crippen LogP contribution in [0.1, 0.15) is 49.1 Å². The minimum Gasteiger partial charge on any atom is -0.325 e. The first-order valence-electron chi connectivity index (χ1n) is 7.74. The largest absolute Gasteiger partial charge is 0.325 e. The van der Waals surface area contributed by atoms with Crippen molar-refractivity contribution in [2.24, 2.45) is 5.73 Å². The molecule has 0 aliphatic carbocycles. The standard InChI is InChI=1S/C19H22N2O/c1-4-12-10-14(16(20)13-8-6-5-7-9-13)11-15-17(12)21-18(22)19(15,2)3/h5-11,16H,4,20H2,1-3H3,(H,21,22). The summed E-state index contributed by atoms with van der Waals surface area (Å²) < 4.78 is 0. The third-order valence-corrected chi connectivity index (χ3v) is 4.62. The molecule has 1 amide bonds. The molecule has 0 fully saturated rings. The van der Waals surface area contributed by atoms with Crippen LogP contribution in [-0.4, -0.2) is 5.91 Å². The van der Waals surface area contributed by atoms with Crippen molar-refractivity contribution in [3.8, 4) is 0 Å². The lowest BCUT2D eigenvalue weighted by molar-refractivity contribution is -0.119. The molecule has 0 radical (unpaired) electrons. The van der Waals surface area contributed by atoms with Gasteiger partial charge in [0.05, 0.1) is 11.5 Å². The van der Waals surface area contributed by atoms with Crippen LogP contribution in [-0.2, 0) is 16.6 Å². The van der Waals surface area contributed by atoms with Gasteiger partial charge in [-0.25, -0.2) is 0 Å². The van der Waals surface area contributed by atoms with Crippen molar-refractivity contribution in [1.82, 2.24) is 0 Å². The van der Waals surface area contributed by atoms with E-state index in [1.165, 1.54) is 0 Å². The summed E-state index contributed by atoms with van der Waals surface area (Å²) in [7, 11) is 0. The number of rotatable bonds is 3. The fraction of sp³-hybridized carbons (Fsp3) is 0.316. The third kappa shape index (κ3) is 2.22. The van der Waals surface area contributed by atoms with Gasteiger partial charge in [0.25, 0.3) is 0 Å². The summed E-state index contributed by atoms with van der Waals surface area (Å²) >= 11 is 0. The van der Waals surface area contributed by atoms with Crippen molar-refractivity contribution in [1.29, 1.82) is 0 Å². The van der Waals surface area contributed by atoms with Gasteiger partial charge in [0, 0.05) is 5.69 Å². The van der Waals surface area contributed by atoms with Gasteiger partial charge in [-0.3, -0.25) is 4.79 Å². The number of nitrogens with two attached hydrogens (primary N) is 1. The first-order chi connectivity index (χ1) is 10.4. The summed E-state index contributed by atoms with van der Waals surface area (Å²) in [5.41, 5.74) is 11.3. The highest BCUT2D eigenvalue weighted by Gasteiger charge is 2.39. The number of aryl methyl sites for hydroxylation is 1. The quantitative estimate of drug-likeness (QED) is 0.910. The van der Waals surface area contributed by atoms with Gasteiger partial charge < -0.3 is 11.1 Å². The molecule has 1 unspecified atom stereocenters. The zero-order valence-corrected chi connectivity index (χ0v) is 13.3. The summed E-state index contributed by atoms with van der Waals surface area (Å²) in [6, 6.07) is 14.1. The Morgan fingerprint density at radius 2 is 1.82 bits per heavy atom. The van der Waals surface area contributed by atoms with E-state index in [1.807, 2.05) is 44.2 Å². The average Bonchev–Trinajstić information content (AvgIpc) is 2.77. The maximum Gasteiger partial charge on any atom is 0.234 e. The highest BCUT2D eigenvalue weighted by Crippen LogP contribution is 2.41. The lowest BCUT2D eigenvalue weighted by Gasteiger charge is -2.20. The molecule has 3 N–H and O–H groups in total. The maximum atomic E-state index is 12.2. The van der Waals surface area contributed by atoms with Crippen LogP contribution < -0.4 is 11.1 Å². The predicted molar refractivity (Wildman–Crippen MR) is 89.9 cm³/mol. The number of nitrogens with one attached hydrogen (secondary N) is 1. The van der Waals surface area contributed by atoms with Crippen LogP contribution >= 0.6 is 0 Å². The Hall–Kier alpha value is -2.13. The van der Waals surface area contributed by atoms with Crippen molar-refractivity contribution in [3.05, 3.63) is 64.7 Å². The Bertz CT molecular complexity index is 720. The van der Waals surface area contributed by atoms with E-state index in [0.717, 1.165) is 34.4 Å². The number of carbonyl (C=O) groups excluding carboxylic acids is 1. The molecule has 1 heterocycles. The van der Waals surface area contributed by atoms with Gasteiger partial charge in [-0.1, -0.05) is 49.4 Å². The molecule has 0 saturated heterocycles. The van der Waals surface area contributed by atoms with E-state index in [4.69, 9.17) is 5.73 Å². The minimum atomic E-state index is -0.508. The molecule has 1 aliphatic heterocycles. The molecule has 1 aliphatic rings. The van der Waals surface area contributed by atoms with Crippen LogP contribution in [0.3, 0.4) is 0 Å². The van der Waals surface area contributed by atoms with E-state index in [-0.39, 0.29) is 11.9 Å². The van der Waals surface area contributed by atoms with E-state index in [9.17, 15) is 4.79 Å². The number of benzene rings is 2. The molecular weight excluding hydrogens is 272 g/mol. The molecule has 114 valence electrons. The van der Waals surface area contributed by atoms with Crippen molar-refractivity contribution < 1.29 is 4.79 Å². The van der Waals surface area contributed by atoms with Crippen LogP contribution in [0.5, 0.6) is 0 Å². The zero-order chi connectivity index (χ0) is 15.9. The fourth-order valence-electron chi connectivity index (χ4n) is 3.07. The highest BCUT2D eigenvalue weighted by atomic mass is 16.2. The number of amides is 1. The van der Waals surface area contributed by atoms with Crippen LogP contribution in [0.25, 0.3) is 0 Å². The zero-order valence-electron chi connectivity index (χ0n) is 13.3. The topological polar surface area (TPSA) is 55.1 Å². The minimum absolute atomic E-state index is 0.0580. The van der Waals surface area contributed by atoms with Gasteiger partial charge in [-0.05, 0) is 42.5 Å². The van der Waals surface area contributed by atoms with E-state index in [1.54, 1.807) is 0 Å². The van der Waals surface area contributed by atoms with Crippen molar-refractivity contribution >= 4 is 11.6 Å². The van der Waals surface area contributed by atoms with Gasteiger partial charge in [0.15, 0.2) is 0 Å². The van der Waals surface area contributed by atoms with Crippen LogP contribution in [0.4, 0.5) is 5.69 Å². The Kier molecular flexibility index (Phi) is 3.53.